The lowest BCUT2D eigenvalue weighted by atomic mass is 9.99. The Morgan fingerprint density at radius 1 is 1.13 bits per heavy atom. The summed E-state index contributed by atoms with van der Waals surface area (Å²) in [6.45, 7) is 1.87. The first-order valence-corrected chi connectivity index (χ1v) is 10.0. The zero-order valence-electron chi connectivity index (χ0n) is 16.5. The minimum atomic E-state index is -0.427. The highest BCUT2D eigenvalue weighted by Gasteiger charge is 2.23. The van der Waals surface area contributed by atoms with E-state index in [1.165, 1.54) is 12.1 Å². The maximum absolute atomic E-state index is 13.3. The molecule has 0 spiro atoms. The van der Waals surface area contributed by atoms with Gasteiger partial charge in [-0.1, -0.05) is 12.1 Å². The zero-order chi connectivity index (χ0) is 20.8. The first kappa shape index (κ1) is 18.6. The molecule has 152 valence electrons. The van der Waals surface area contributed by atoms with Crippen LogP contribution in [0.2, 0.25) is 0 Å². The Hall–Kier alpha value is -3.41. The number of amides is 1. The van der Waals surface area contributed by atoms with Crippen LogP contribution in [0.3, 0.4) is 0 Å². The first-order chi connectivity index (χ1) is 14.5. The highest BCUT2D eigenvalue weighted by molar-refractivity contribution is 6.02. The Bertz CT molecular complexity index is 1330. The summed E-state index contributed by atoms with van der Waals surface area (Å²) in [7, 11) is 0. The van der Waals surface area contributed by atoms with Gasteiger partial charge in [0.15, 0.2) is 0 Å². The highest BCUT2D eigenvalue weighted by Crippen LogP contribution is 2.34. The van der Waals surface area contributed by atoms with E-state index in [0.29, 0.717) is 29.2 Å². The SMILES string of the molecule is Cc1c(CCC(=O)NC2CC2)c(=O)oc2cc3occ(-c4ccc(F)cc4)c3cc12. The van der Waals surface area contributed by atoms with Gasteiger partial charge >= 0.3 is 5.63 Å². The minimum absolute atomic E-state index is 0.0414. The number of furan rings is 1. The number of carbonyl (C=O) groups is 1. The molecule has 4 aromatic rings. The smallest absolute Gasteiger partial charge is 0.339 e. The molecule has 2 heterocycles. The molecule has 2 aromatic heterocycles. The number of carbonyl (C=O) groups excluding carboxylic acids is 1. The van der Waals surface area contributed by atoms with E-state index in [1.807, 2.05) is 13.0 Å². The third-order valence-corrected chi connectivity index (χ3v) is 5.68. The highest BCUT2D eigenvalue weighted by atomic mass is 19.1. The summed E-state index contributed by atoms with van der Waals surface area (Å²) in [4.78, 5) is 24.6. The van der Waals surface area contributed by atoms with Gasteiger partial charge in [-0.25, -0.2) is 9.18 Å². The van der Waals surface area contributed by atoms with Gasteiger partial charge < -0.3 is 14.2 Å². The van der Waals surface area contributed by atoms with Gasteiger partial charge in [-0.05, 0) is 55.5 Å². The van der Waals surface area contributed by atoms with E-state index in [-0.39, 0.29) is 18.1 Å². The van der Waals surface area contributed by atoms with Crippen molar-refractivity contribution >= 4 is 27.8 Å². The number of benzene rings is 2. The lowest BCUT2D eigenvalue weighted by Gasteiger charge is -2.08. The van der Waals surface area contributed by atoms with Crippen LogP contribution < -0.4 is 10.9 Å². The molecule has 0 aliphatic heterocycles. The van der Waals surface area contributed by atoms with Gasteiger partial charge in [0.05, 0.1) is 6.26 Å². The number of aryl methyl sites for hydroxylation is 1. The maximum atomic E-state index is 13.3. The van der Waals surface area contributed by atoms with Crippen LogP contribution >= 0.6 is 0 Å². The van der Waals surface area contributed by atoms with E-state index < -0.39 is 5.63 Å². The van der Waals surface area contributed by atoms with Crippen LogP contribution in [0.4, 0.5) is 4.39 Å². The van der Waals surface area contributed by atoms with Crippen LogP contribution in [0, 0.1) is 12.7 Å². The fourth-order valence-corrected chi connectivity index (χ4v) is 3.82. The second-order valence-electron chi connectivity index (χ2n) is 7.84. The summed E-state index contributed by atoms with van der Waals surface area (Å²) < 4.78 is 24.5. The zero-order valence-corrected chi connectivity index (χ0v) is 16.5. The van der Waals surface area contributed by atoms with Gasteiger partial charge in [-0.15, -0.1) is 0 Å². The topological polar surface area (TPSA) is 72.5 Å². The number of rotatable bonds is 5. The molecular weight excluding hydrogens is 385 g/mol. The Labute approximate surface area is 171 Å². The summed E-state index contributed by atoms with van der Waals surface area (Å²) in [5.74, 6) is -0.342. The molecule has 1 aliphatic rings. The second-order valence-corrected chi connectivity index (χ2v) is 7.84. The minimum Gasteiger partial charge on any atom is -0.464 e. The average molecular weight is 405 g/mol. The Balaban J connectivity index is 1.55. The van der Waals surface area contributed by atoms with Crippen molar-refractivity contribution in [3.05, 3.63) is 70.0 Å². The summed E-state index contributed by atoms with van der Waals surface area (Å²) in [5, 5.41) is 4.59. The van der Waals surface area contributed by atoms with Gasteiger partial charge in [-0.2, -0.15) is 0 Å². The van der Waals surface area contributed by atoms with Crippen LogP contribution in [0.25, 0.3) is 33.1 Å². The predicted octanol–water partition coefficient (Wildman–Crippen LogP) is 4.86. The van der Waals surface area contributed by atoms with Crippen molar-refractivity contribution in [2.24, 2.45) is 0 Å². The van der Waals surface area contributed by atoms with Gasteiger partial charge in [0.25, 0.3) is 0 Å². The summed E-state index contributed by atoms with van der Waals surface area (Å²) in [6, 6.07) is 10.1. The molecule has 6 heteroatoms. The molecule has 0 saturated heterocycles. The van der Waals surface area contributed by atoms with Crippen molar-refractivity contribution < 1.29 is 18.0 Å². The number of nitrogens with one attached hydrogen (secondary N) is 1. The lowest BCUT2D eigenvalue weighted by Crippen LogP contribution is -2.26. The third kappa shape index (κ3) is 3.38. The largest absolute Gasteiger partial charge is 0.464 e. The van der Waals surface area contributed by atoms with Crippen molar-refractivity contribution in [1.82, 2.24) is 5.32 Å². The molecule has 5 rings (SSSR count). The van der Waals surface area contributed by atoms with Crippen LogP contribution in [-0.2, 0) is 11.2 Å². The van der Waals surface area contributed by atoms with Crippen molar-refractivity contribution in [1.29, 1.82) is 0 Å². The fraction of sp³-hybridized carbons (Fsp3) is 0.250. The van der Waals surface area contributed by atoms with Crippen LogP contribution in [0.5, 0.6) is 0 Å². The molecule has 1 N–H and O–H groups in total. The maximum Gasteiger partial charge on any atom is 0.339 e. The molecule has 1 saturated carbocycles. The monoisotopic (exact) mass is 405 g/mol. The van der Waals surface area contributed by atoms with Crippen molar-refractivity contribution in [3.63, 3.8) is 0 Å². The second kappa shape index (κ2) is 7.13. The Morgan fingerprint density at radius 3 is 2.63 bits per heavy atom. The quantitative estimate of drug-likeness (QED) is 0.481. The van der Waals surface area contributed by atoms with E-state index in [2.05, 4.69) is 5.32 Å². The van der Waals surface area contributed by atoms with Crippen LogP contribution in [0.1, 0.15) is 30.4 Å². The Kier molecular flexibility index (Phi) is 4.42. The molecule has 1 amide bonds. The average Bonchev–Trinajstić information content (AvgIpc) is 3.44. The number of hydrogen-bond donors (Lipinski definition) is 1. The summed E-state index contributed by atoms with van der Waals surface area (Å²) in [5.41, 5.74) is 3.58. The standard InChI is InChI=1S/C24H20FNO4/c1-13-17(8-9-23(27)26-16-6-7-16)24(28)30-22-11-21-19(10-18(13)22)20(12-29-21)14-2-4-15(25)5-3-14/h2-5,10-12,16H,6-9H2,1H3,(H,26,27). The first-order valence-electron chi connectivity index (χ1n) is 10.0. The predicted molar refractivity (Wildman–Crippen MR) is 112 cm³/mol. The molecule has 1 aliphatic carbocycles. The van der Waals surface area contributed by atoms with Gasteiger partial charge in [0.1, 0.15) is 17.0 Å². The van der Waals surface area contributed by atoms with Gasteiger partial charge in [0.2, 0.25) is 5.91 Å². The van der Waals surface area contributed by atoms with Crippen LogP contribution in [-0.4, -0.2) is 11.9 Å². The fourth-order valence-electron chi connectivity index (χ4n) is 3.82. The van der Waals surface area contributed by atoms with Crippen molar-refractivity contribution in [2.75, 3.05) is 0 Å². The number of halogens is 1. The Morgan fingerprint density at radius 2 is 1.90 bits per heavy atom. The molecule has 30 heavy (non-hydrogen) atoms. The van der Waals surface area contributed by atoms with Gasteiger partial charge in [0, 0.05) is 40.4 Å². The molecule has 0 radical (unpaired) electrons. The third-order valence-electron chi connectivity index (χ3n) is 5.68. The summed E-state index contributed by atoms with van der Waals surface area (Å²) >= 11 is 0. The molecule has 0 bridgehead atoms. The van der Waals surface area contributed by atoms with E-state index in [9.17, 15) is 14.0 Å². The van der Waals surface area contributed by atoms with Crippen molar-refractivity contribution in [2.45, 2.75) is 38.6 Å². The molecular formula is C24H20FNO4. The lowest BCUT2D eigenvalue weighted by molar-refractivity contribution is -0.121. The summed E-state index contributed by atoms with van der Waals surface area (Å²) in [6.07, 6.45) is 4.26. The normalized spacial score (nSPS) is 13.8. The van der Waals surface area contributed by atoms with Gasteiger partial charge in [-0.3, -0.25) is 4.79 Å². The van der Waals surface area contributed by atoms with E-state index >= 15 is 0 Å². The molecule has 5 nitrogen and oxygen atoms in total. The molecule has 2 aromatic carbocycles. The van der Waals surface area contributed by atoms with Crippen LogP contribution in [0.15, 0.2) is 56.3 Å². The van der Waals surface area contributed by atoms with E-state index in [1.54, 1.807) is 24.5 Å². The number of hydrogen-bond acceptors (Lipinski definition) is 4. The number of fused-ring (bicyclic) bond motifs is 2. The molecule has 1 fully saturated rings. The van der Waals surface area contributed by atoms with E-state index in [0.717, 1.165) is 40.3 Å². The molecule has 0 atom stereocenters. The van der Waals surface area contributed by atoms with Crippen molar-refractivity contribution in [3.8, 4) is 11.1 Å². The molecule has 0 unspecified atom stereocenters. The van der Waals surface area contributed by atoms with E-state index in [4.69, 9.17) is 8.83 Å².